The maximum atomic E-state index is 12.5. The standard InChI is InChI=1S/C30H32N4O3/c1-23-7-5-8-24(17-23)19-31-30(35)28-22-36-29(32-28)21-34-15-13-33(14-16-34)20-25-9-6-12-27(18-25)37-26-10-3-2-4-11-26/h2-12,17-18,22H,13-16,19-21H2,1H3,(H,31,35). The zero-order chi connectivity index (χ0) is 25.5. The van der Waals surface area contributed by atoms with Gasteiger partial charge in [-0.2, -0.15) is 0 Å². The molecule has 5 rings (SSSR count). The Morgan fingerprint density at radius 3 is 2.35 bits per heavy atom. The molecule has 0 spiro atoms. The third-order valence-corrected chi connectivity index (χ3v) is 6.43. The summed E-state index contributed by atoms with van der Waals surface area (Å²) in [6.07, 6.45) is 1.45. The molecule has 3 aromatic carbocycles. The van der Waals surface area contributed by atoms with Crippen molar-refractivity contribution in [2.24, 2.45) is 0 Å². The highest BCUT2D eigenvalue weighted by Gasteiger charge is 2.20. The molecule has 0 unspecified atom stereocenters. The predicted molar refractivity (Wildman–Crippen MR) is 142 cm³/mol. The fourth-order valence-corrected chi connectivity index (χ4v) is 4.47. The molecular formula is C30H32N4O3. The average molecular weight is 497 g/mol. The number of hydrogen-bond acceptors (Lipinski definition) is 6. The van der Waals surface area contributed by atoms with Crippen molar-refractivity contribution in [1.29, 1.82) is 0 Å². The molecule has 0 radical (unpaired) electrons. The Morgan fingerprint density at radius 2 is 1.57 bits per heavy atom. The Balaban J connectivity index is 1.07. The van der Waals surface area contributed by atoms with Crippen LogP contribution in [0.25, 0.3) is 0 Å². The van der Waals surface area contributed by atoms with Crippen molar-refractivity contribution >= 4 is 5.91 Å². The Hall–Kier alpha value is -3.94. The summed E-state index contributed by atoms with van der Waals surface area (Å²) in [5.74, 6) is 2.04. The minimum Gasteiger partial charge on any atom is -0.457 e. The number of aryl methyl sites for hydroxylation is 1. The van der Waals surface area contributed by atoms with Crippen LogP contribution in [-0.2, 0) is 19.6 Å². The van der Waals surface area contributed by atoms with E-state index in [0.29, 0.717) is 24.7 Å². The summed E-state index contributed by atoms with van der Waals surface area (Å²) in [6, 6.07) is 26.2. The number of hydrogen-bond donors (Lipinski definition) is 1. The maximum Gasteiger partial charge on any atom is 0.273 e. The molecule has 7 heteroatoms. The fraction of sp³-hybridized carbons (Fsp3) is 0.267. The van der Waals surface area contributed by atoms with Crippen LogP contribution in [0.2, 0.25) is 0 Å². The van der Waals surface area contributed by atoms with E-state index < -0.39 is 0 Å². The van der Waals surface area contributed by atoms with Crippen LogP contribution in [0.4, 0.5) is 0 Å². The lowest BCUT2D eigenvalue weighted by Crippen LogP contribution is -2.45. The second kappa shape index (κ2) is 11.9. The zero-order valence-corrected chi connectivity index (χ0v) is 21.1. The number of oxazole rings is 1. The topological polar surface area (TPSA) is 70.8 Å². The number of nitrogens with one attached hydrogen (secondary N) is 1. The number of piperazine rings is 1. The van der Waals surface area contributed by atoms with Gasteiger partial charge in [-0.25, -0.2) is 4.98 Å². The van der Waals surface area contributed by atoms with Crippen LogP contribution in [0, 0.1) is 6.92 Å². The van der Waals surface area contributed by atoms with E-state index >= 15 is 0 Å². The van der Waals surface area contributed by atoms with Crippen molar-refractivity contribution in [3.8, 4) is 11.5 Å². The van der Waals surface area contributed by atoms with E-state index in [4.69, 9.17) is 9.15 Å². The zero-order valence-electron chi connectivity index (χ0n) is 21.1. The summed E-state index contributed by atoms with van der Waals surface area (Å²) in [5, 5.41) is 2.92. The third kappa shape index (κ3) is 7.06. The van der Waals surface area contributed by atoms with Crippen molar-refractivity contribution in [2.45, 2.75) is 26.6 Å². The summed E-state index contributed by atoms with van der Waals surface area (Å²) in [5.41, 5.74) is 3.78. The SMILES string of the molecule is Cc1cccc(CNC(=O)c2coc(CN3CCN(Cc4cccc(Oc5ccccc5)c4)CC3)n2)c1. The number of nitrogens with zero attached hydrogens (tertiary/aromatic N) is 3. The number of ether oxygens (including phenoxy) is 1. The van der Waals surface area contributed by atoms with Crippen LogP contribution >= 0.6 is 0 Å². The number of benzene rings is 3. The van der Waals surface area contributed by atoms with E-state index in [-0.39, 0.29) is 5.91 Å². The number of carbonyl (C=O) groups excluding carboxylic acids is 1. The lowest BCUT2D eigenvalue weighted by Gasteiger charge is -2.34. The van der Waals surface area contributed by atoms with Gasteiger partial charge in [-0.15, -0.1) is 0 Å². The average Bonchev–Trinajstić information content (AvgIpc) is 3.38. The van der Waals surface area contributed by atoms with E-state index in [1.54, 1.807) is 0 Å². The van der Waals surface area contributed by atoms with Gasteiger partial charge in [0.2, 0.25) is 5.89 Å². The quantitative estimate of drug-likeness (QED) is 0.351. The molecule has 1 fully saturated rings. The van der Waals surface area contributed by atoms with Crippen molar-refractivity contribution in [3.05, 3.63) is 113 Å². The Labute approximate surface area is 217 Å². The Kier molecular flexibility index (Phi) is 7.93. The monoisotopic (exact) mass is 496 g/mol. The molecule has 1 saturated heterocycles. The first-order valence-electron chi connectivity index (χ1n) is 12.7. The van der Waals surface area contributed by atoms with Crippen molar-refractivity contribution in [3.63, 3.8) is 0 Å². The lowest BCUT2D eigenvalue weighted by atomic mass is 10.1. The molecule has 1 aliphatic rings. The molecule has 4 aromatic rings. The predicted octanol–water partition coefficient (Wildman–Crippen LogP) is 5.02. The number of rotatable bonds is 9. The summed E-state index contributed by atoms with van der Waals surface area (Å²) in [4.78, 5) is 21.7. The lowest BCUT2D eigenvalue weighted by molar-refractivity contribution is 0.0945. The second-order valence-corrected chi connectivity index (χ2v) is 9.41. The normalized spacial score (nSPS) is 14.4. The van der Waals surface area contributed by atoms with E-state index in [2.05, 4.69) is 38.3 Å². The Morgan fingerprint density at radius 1 is 0.865 bits per heavy atom. The van der Waals surface area contributed by atoms with Gasteiger partial charge in [0.25, 0.3) is 5.91 Å². The van der Waals surface area contributed by atoms with Gasteiger partial charge in [-0.05, 0) is 42.3 Å². The molecule has 0 saturated carbocycles. The molecule has 0 aliphatic carbocycles. The van der Waals surface area contributed by atoms with Crippen molar-refractivity contribution in [2.75, 3.05) is 26.2 Å². The molecule has 7 nitrogen and oxygen atoms in total. The van der Waals surface area contributed by atoms with Gasteiger partial charge in [0.1, 0.15) is 17.8 Å². The van der Waals surface area contributed by atoms with Gasteiger partial charge in [0.15, 0.2) is 5.69 Å². The number of para-hydroxylation sites is 1. The minimum absolute atomic E-state index is 0.222. The highest BCUT2D eigenvalue weighted by molar-refractivity contribution is 5.91. The second-order valence-electron chi connectivity index (χ2n) is 9.41. The van der Waals surface area contributed by atoms with Crippen molar-refractivity contribution in [1.82, 2.24) is 20.1 Å². The van der Waals surface area contributed by atoms with Gasteiger partial charge in [0.05, 0.1) is 6.54 Å². The van der Waals surface area contributed by atoms with E-state index in [9.17, 15) is 4.79 Å². The van der Waals surface area contributed by atoms with Crippen LogP contribution in [0.5, 0.6) is 11.5 Å². The minimum atomic E-state index is -0.222. The molecule has 1 aromatic heterocycles. The van der Waals surface area contributed by atoms with Crippen LogP contribution in [0.3, 0.4) is 0 Å². The molecule has 2 heterocycles. The summed E-state index contributed by atoms with van der Waals surface area (Å²) in [6.45, 7) is 7.71. The number of amides is 1. The molecule has 190 valence electrons. The fourth-order valence-electron chi connectivity index (χ4n) is 4.47. The Bertz CT molecular complexity index is 1310. The molecule has 1 amide bonds. The van der Waals surface area contributed by atoms with E-state index in [1.165, 1.54) is 17.4 Å². The third-order valence-electron chi connectivity index (χ3n) is 6.43. The van der Waals surface area contributed by atoms with Crippen LogP contribution in [0.15, 0.2) is 89.5 Å². The molecule has 1 aliphatic heterocycles. The molecule has 1 N–H and O–H groups in total. The molecule has 0 atom stereocenters. The number of carbonyl (C=O) groups is 1. The largest absolute Gasteiger partial charge is 0.457 e. The number of aromatic nitrogens is 1. The van der Waals surface area contributed by atoms with Crippen molar-refractivity contribution < 1.29 is 13.9 Å². The van der Waals surface area contributed by atoms with E-state index in [0.717, 1.165) is 49.8 Å². The molecule has 37 heavy (non-hydrogen) atoms. The first-order valence-corrected chi connectivity index (χ1v) is 12.7. The van der Waals surface area contributed by atoms with E-state index in [1.807, 2.05) is 67.6 Å². The van der Waals surface area contributed by atoms with Gasteiger partial charge >= 0.3 is 0 Å². The molecule has 0 bridgehead atoms. The van der Waals surface area contributed by atoms with Crippen LogP contribution in [0.1, 0.15) is 33.1 Å². The first-order chi connectivity index (χ1) is 18.1. The van der Waals surface area contributed by atoms with Gasteiger partial charge in [0, 0.05) is 39.3 Å². The first kappa shape index (κ1) is 24.7. The smallest absolute Gasteiger partial charge is 0.273 e. The summed E-state index contributed by atoms with van der Waals surface area (Å²) >= 11 is 0. The van der Waals surface area contributed by atoms with Gasteiger partial charge in [-0.3, -0.25) is 14.6 Å². The molecular weight excluding hydrogens is 464 g/mol. The summed E-state index contributed by atoms with van der Waals surface area (Å²) < 4.78 is 11.6. The highest BCUT2D eigenvalue weighted by Crippen LogP contribution is 2.23. The van der Waals surface area contributed by atoms with Crippen LogP contribution < -0.4 is 10.1 Å². The maximum absolute atomic E-state index is 12.5. The summed E-state index contributed by atoms with van der Waals surface area (Å²) in [7, 11) is 0. The van der Waals surface area contributed by atoms with Gasteiger partial charge < -0.3 is 14.5 Å². The van der Waals surface area contributed by atoms with Gasteiger partial charge in [-0.1, -0.05) is 60.2 Å². The highest BCUT2D eigenvalue weighted by atomic mass is 16.5. The van der Waals surface area contributed by atoms with Crippen LogP contribution in [-0.4, -0.2) is 46.9 Å².